The Bertz CT molecular complexity index is 633. The molecule has 2 aliphatic rings. The van der Waals surface area contributed by atoms with E-state index in [1.54, 1.807) is 26.4 Å². The molecule has 1 amide bonds. The largest absolute Gasteiger partial charge is 0.497 e. The van der Waals surface area contributed by atoms with E-state index in [0.717, 1.165) is 62.8 Å². The summed E-state index contributed by atoms with van der Waals surface area (Å²) in [6.45, 7) is 5.20. The molecule has 0 saturated carbocycles. The highest BCUT2D eigenvalue weighted by Gasteiger charge is 2.24. The average molecular weight is 360 g/mol. The van der Waals surface area contributed by atoms with Crippen molar-refractivity contribution in [1.29, 1.82) is 0 Å². The lowest BCUT2D eigenvalue weighted by atomic mass is 10.1. The topological polar surface area (TPSA) is 51.2 Å². The van der Waals surface area contributed by atoms with Gasteiger partial charge in [0, 0.05) is 51.0 Å². The number of ether oxygens (including phenoxy) is 3. The van der Waals surface area contributed by atoms with Gasteiger partial charge >= 0.3 is 0 Å². The lowest BCUT2D eigenvalue weighted by Gasteiger charge is -2.35. The van der Waals surface area contributed by atoms with Crippen molar-refractivity contribution in [2.45, 2.75) is 18.9 Å². The van der Waals surface area contributed by atoms with Crippen LogP contribution in [0.25, 0.3) is 6.08 Å². The van der Waals surface area contributed by atoms with E-state index in [-0.39, 0.29) is 5.91 Å². The van der Waals surface area contributed by atoms with Gasteiger partial charge in [-0.25, -0.2) is 0 Å². The molecule has 1 unspecified atom stereocenters. The third-order valence-corrected chi connectivity index (χ3v) is 5.01. The molecule has 0 bridgehead atoms. The Morgan fingerprint density at radius 3 is 2.69 bits per heavy atom. The van der Waals surface area contributed by atoms with Crippen LogP contribution in [0, 0.1) is 0 Å². The van der Waals surface area contributed by atoms with Gasteiger partial charge < -0.3 is 19.1 Å². The Morgan fingerprint density at radius 2 is 2.04 bits per heavy atom. The van der Waals surface area contributed by atoms with E-state index < -0.39 is 0 Å². The highest BCUT2D eigenvalue weighted by molar-refractivity contribution is 5.92. The fraction of sp³-hybridized carbons (Fsp3) is 0.550. The Hall–Kier alpha value is -2.05. The Morgan fingerprint density at radius 1 is 1.23 bits per heavy atom. The molecule has 0 N–H and O–H groups in total. The van der Waals surface area contributed by atoms with E-state index in [0.29, 0.717) is 6.10 Å². The monoisotopic (exact) mass is 360 g/mol. The first-order valence-electron chi connectivity index (χ1n) is 9.22. The van der Waals surface area contributed by atoms with Gasteiger partial charge in [-0.05, 0) is 37.1 Å². The summed E-state index contributed by atoms with van der Waals surface area (Å²) < 4.78 is 16.3. The zero-order valence-electron chi connectivity index (χ0n) is 15.6. The molecular formula is C20H28N2O4. The Kier molecular flexibility index (Phi) is 6.52. The number of amides is 1. The van der Waals surface area contributed by atoms with Gasteiger partial charge in [-0.3, -0.25) is 9.69 Å². The molecule has 2 heterocycles. The quantitative estimate of drug-likeness (QED) is 0.727. The number of carbonyl (C=O) groups is 1. The molecule has 0 spiro atoms. The van der Waals surface area contributed by atoms with Gasteiger partial charge in [0.1, 0.15) is 11.5 Å². The minimum atomic E-state index is 0.0339. The summed E-state index contributed by atoms with van der Waals surface area (Å²) in [5, 5.41) is 0. The van der Waals surface area contributed by atoms with E-state index in [9.17, 15) is 4.79 Å². The number of carbonyl (C=O) groups excluding carboxylic acids is 1. The van der Waals surface area contributed by atoms with Crippen molar-refractivity contribution in [3.63, 3.8) is 0 Å². The maximum Gasteiger partial charge on any atom is 0.246 e. The predicted molar refractivity (Wildman–Crippen MR) is 101 cm³/mol. The van der Waals surface area contributed by atoms with Gasteiger partial charge in [-0.1, -0.05) is 0 Å². The molecule has 0 aliphatic carbocycles. The standard InChI is InChI=1S/C20H28N2O4/c1-24-17-6-7-19(25-2)16(14-17)5-8-20(23)22-11-9-21(10-12-22)15-18-4-3-13-26-18/h5-8,14,18H,3-4,9-13,15H2,1-2H3/b8-5+. The number of methoxy groups -OCH3 is 2. The number of piperazine rings is 1. The van der Waals surface area contributed by atoms with Crippen molar-refractivity contribution in [3.8, 4) is 11.5 Å². The summed E-state index contributed by atoms with van der Waals surface area (Å²) >= 11 is 0. The molecule has 1 aromatic carbocycles. The summed E-state index contributed by atoms with van der Waals surface area (Å²) in [6.07, 6.45) is 6.11. The average Bonchev–Trinajstić information content (AvgIpc) is 3.19. The molecule has 6 nitrogen and oxygen atoms in total. The molecule has 0 radical (unpaired) electrons. The van der Waals surface area contributed by atoms with Crippen LogP contribution in [0.15, 0.2) is 24.3 Å². The third kappa shape index (κ3) is 4.77. The van der Waals surface area contributed by atoms with Crippen molar-refractivity contribution in [1.82, 2.24) is 9.80 Å². The van der Waals surface area contributed by atoms with Gasteiger partial charge in [0.25, 0.3) is 0 Å². The summed E-state index contributed by atoms with van der Waals surface area (Å²) in [7, 11) is 3.24. The van der Waals surface area contributed by atoms with Crippen molar-refractivity contribution in [2.75, 3.05) is 53.6 Å². The number of hydrogen-bond acceptors (Lipinski definition) is 5. The molecule has 3 rings (SSSR count). The summed E-state index contributed by atoms with van der Waals surface area (Å²) in [5.41, 5.74) is 0.831. The Balaban J connectivity index is 1.53. The van der Waals surface area contributed by atoms with E-state index >= 15 is 0 Å². The van der Waals surface area contributed by atoms with Crippen LogP contribution in [0.3, 0.4) is 0 Å². The number of hydrogen-bond donors (Lipinski definition) is 0. The van der Waals surface area contributed by atoms with Gasteiger partial charge in [-0.2, -0.15) is 0 Å². The van der Waals surface area contributed by atoms with Crippen LogP contribution in [0.1, 0.15) is 18.4 Å². The van der Waals surface area contributed by atoms with Gasteiger partial charge in [0.15, 0.2) is 0 Å². The normalized spacial score (nSPS) is 21.3. The Labute approximate surface area is 155 Å². The second kappa shape index (κ2) is 9.05. The molecule has 26 heavy (non-hydrogen) atoms. The van der Waals surface area contributed by atoms with Crippen molar-refractivity contribution in [2.24, 2.45) is 0 Å². The number of benzene rings is 1. The first kappa shape index (κ1) is 18.7. The SMILES string of the molecule is COc1ccc(OC)c(/C=C/C(=O)N2CCN(CC3CCCO3)CC2)c1. The maximum atomic E-state index is 12.5. The minimum Gasteiger partial charge on any atom is -0.497 e. The molecule has 1 aromatic rings. The molecule has 0 aromatic heterocycles. The van der Waals surface area contributed by atoms with Crippen LogP contribution < -0.4 is 9.47 Å². The summed E-state index contributed by atoms with van der Waals surface area (Å²) in [4.78, 5) is 16.8. The van der Waals surface area contributed by atoms with Crippen molar-refractivity contribution < 1.29 is 19.0 Å². The molecule has 2 fully saturated rings. The highest BCUT2D eigenvalue weighted by Crippen LogP contribution is 2.25. The molecular weight excluding hydrogens is 332 g/mol. The first-order chi connectivity index (χ1) is 12.7. The number of nitrogens with zero attached hydrogens (tertiary/aromatic N) is 2. The zero-order chi connectivity index (χ0) is 18.4. The number of rotatable bonds is 6. The van der Waals surface area contributed by atoms with Gasteiger partial charge in [-0.15, -0.1) is 0 Å². The van der Waals surface area contributed by atoms with Gasteiger partial charge in [0.05, 0.1) is 20.3 Å². The van der Waals surface area contributed by atoms with Crippen LogP contribution in [0.5, 0.6) is 11.5 Å². The summed E-state index contributed by atoms with van der Waals surface area (Å²) in [5.74, 6) is 1.49. The van der Waals surface area contributed by atoms with Crippen LogP contribution in [0.2, 0.25) is 0 Å². The molecule has 6 heteroatoms. The van der Waals surface area contributed by atoms with Crippen LogP contribution >= 0.6 is 0 Å². The predicted octanol–water partition coefficient (Wildman–Crippen LogP) is 2.04. The lowest BCUT2D eigenvalue weighted by molar-refractivity contribution is -0.127. The van der Waals surface area contributed by atoms with Gasteiger partial charge in [0.2, 0.25) is 5.91 Å². The fourth-order valence-electron chi connectivity index (χ4n) is 3.46. The van der Waals surface area contributed by atoms with E-state index in [2.05, 4.69) is 4.90 Å². The second-order valence-corrected chi connectivity index (χ2v) is 6.70. The highest BCUT2D eigenvalue weighted by atomic mass is 16.5. The van der Waals surface area contributed by atoms with Crippen LogP contribution in [0.4, 0.5) is 0 Å². The second-order valence-electron chi connectivity index (χ2n) is 6.70. The first-order valence-corrected chi connectivity index (χ1v) is 9.22. The fourth-order valence-corrected chi connectivity index (χ4v) is 3.46. The molecule has 2 aliphatic heterocycles. The molecule has 142 valence electrons. The summed E-state index contributed by atoms with van der Waals surface area (Å²) in [6, 6.07) is 5.54. The molecule has 2 saturated heterocycles. The van der Waals surface area contributed by atoms with E-state index in [1.165, 1.54) is 6.42 Å². The van der Waals surface area contributed by atoms with Crippen LogP contribution in [-0.4, -0.2) is 75.4 Å². The van der Waals surface area contributed by atoms with E-state index in [4.69, 9.17) is 14.2 Å². The maximum absolute atomic E-state index is 12.5. The van der Waals surface area contributed by atoms with Crippen molar-refractivity contribution >= 4 is 12.0 Å². The van der Waals surface area contributed by atoms with Crippen molar-refractivity contribution in [3.05, 3.63) is 29.8 Å². The lowest BCUT2D eigenvalue weighted by Crippen LogP contribution is -2.50. The third-order valence-electron chi connectivity index (χ3n) is 5.01. The molecule has 1 atom stereocenters. The zero-order valence-corrected chi connectivity index (χ0v) is 15.6. The van der Waals surface area contributed by atoms with E-state index in [1.807, 2.05) is 23.1 Å². The smallest absolute Gasteiger partial charge is 0.246 e. The minimum absolute atomic E-state index is 0.0339. The van der Waals surface area contributed by atoms with Crippen LogP contribution in [-0.2, 0) is 9.53 Å².